The quantitative estimate of drug-likeness (QED) is 0.673. The van der Waals surface area contributed by atoms with E-state index < -0.39 is 0 Å². The molecule has 0 amide bonds. The van der Waals surface area contributed by atoms with Crippen LogP contribution in [0, 0.1) is 4.77 Å². The van der Waals surface area contributed by atoms with E-state index in [1.807, 2.05) is 24.3 Å². The van der Waals surface area contributed by atoms with Crippen LogP contribution in [0.4, 0.5) is 0 Å². The minimum atomic E-state index is 0.510. The number of rotatable bonds is 5. The molecule has 0 fully saturated rings. The lowest BCUT2D eigenvalue weighted by atomic mass is 10.2. The minimum absolute atomic E-state index is 0.510. The van der Waals surface area contributed by atoms with Crippen molar-refractivity contribution in [1.82, 2.24) is 14.9 Å². The number of aromatic nitrogens is 3. The van der Waals surface area contributed by atoms with Crippen LogP contribution in [-0.2, 0) is 6.42 Å². The molecular formula is C13H15ClN4S. The van der Waals surface area contributed by atoms with Gasteiger partial charge >= 0.3 is 0 Å². The van der Waals surface area contributed by atoms with Gasteiger partial charge in [0.15, 0.2) is 5.82 Å². The van der Waals surface area contributed by atoms with Gasteiger partial charge in [0.1, 0.15) is 0 Å². The van der Waals surface area contributed by atoms with Gasteiger partial charge in [-0.05, 0) is 36.3 Å². The standard InChI is InChI=1S/C13H15ClN4S/c1-2-3-4-12-16-17-13(19)18(12)15-9-10-5-7-11(14)8-6-10/h5-9H,2-4H2,1H3,(H,17,19)/b15-9-. The molecule has 19 heavy (non-hydrogen) atoms. The smallest absolute Gasteiger partial charge is 0.216 e. The van der Waals surface area contributed by atoms with E-state index in [0.717, 1.165) is 30.7 Å². The van der Waals surface area contributed by atoms with Gasteiger partial charge in [0, 0.05) is 11.4 Å². The van der Waals surface area contributed by atoms with Gasteiger partial charge in [0.2, 0.25) is 4.77 Å². The zero-order valence-corrected chi connectivity index (χ0v) is 12.2. The number of H-pyrrole nitrogens is 1. The molecule has 1 aromatic heterocycles. The van der Waals surface area contributed by atoms with E-state index in [4.69, 9.17) is 23.8 Å². The molecule has 0 radical (unpaired) electrons. The fourth-order valence-electron chi connectivity index (χ4n) is 1.61. The molecule has 0 atom stereocenters. The molecule has 0 aliphatic heterocycles. The summed E-state index contributed by atoms with van der Waals surface area (Å²) in [4.78, 5) is 0. The fourth-order valence-corrected chi connectivity index (χ4v) is 1.94. The fraction of sp³-hybridized carbons (Fsp3) is 0.308. The summed E-state index contributed by atoms with van der Waals surface area (Å²) in [6.45, 7) is 2.14. The molecule has 0 bridgehead atoms. The van der Waals surface area contributed by atoms with Crippen molar-refractivity contribution in [2.75, 3.05) is 0 Å². The molecule has 0 saturated heterocycles. The molecule has 0 aliphatic rings. The van der Waals surface area contributed by atoms with Gasteiger partial charge in [-0.15, -0.1) is 0 Å². The summed E-state index contributed by atoms with van der Waals surface area (Å²) in [6, 6.07) is 7.47. The first-order valence-corrected chi connectivity index (χ1v) is 6.95. The number of nitrogens with one attached hydrogen (secondary N) is 1. The van der Waals surface area contributed by atoms with Crippen molar-refractivity contribution < 1.29 is 0 Å². The third kappa shape index (κ3) is 3.75. The van der Waals surface area contributed by atoms with E-state index >= 15 is 0 Å². The zero-order valence-electron chi connectivity index (χ0n) is 10.6. The van der Waals surface area contributed by atoms with E-state index in [0.29, 0.717) is 9.79 Å². The largest absolute Gasteiger partial charge is 0.250 e. The maximum atomic E-state index is 5.84. The number of hydrogen-bond acceptors (Lipinski definition) is 3. The summed E-state index contributed by atoms with van der Waals surface area (Å²) in [7, 11) is 0. The first-order valence-electron chi connectivity index (χ1n) is 6.17. The maximum Gasteiger partial charge on any atom is 0.216 e. The Kier molecular flexibility index (Phi) is 4.87. The van der Waals surface area contributed by atoms with Gasteiger partial charge in [-0.2, -0.15) is 14.9 Å². The van der Waals surface area contributed by atoms with Crippen molar-refractivity contribution in [3.63, 3.8) is 0 Å². The summed E-state index contributed by atoms with van der Waals surface area (Å²) in [6.07, 6.45) is 4.79. The second kappa shape index (κ2) is 6.63. The van der Waals surface area contributed by atoms with Crippen LogP contribution in [0.25, 0.3) is 0 Å². The van der Waals surface area contributed by atoms with Crippen LogP contribution in [0.1, 0.15) is 31.2 Å². The van der Waals surface area contributed by atoms with Gasteiger partial charge in [0.25, 0.3) is 0 Å². The Labute approximate surface area is 122 Å². The topological polar surface area (TPSA) is 46.0 Å². The Morgan fingerprint density at radius 1 is 1.42 bits per heavy atom. The highest BCUT2D eigenvalue weighted by Gasteiger charge is 2.03. The van der Waals surface area contributed by atoms with Crippen molar-refractivity contribution in [3.05, 3.63) is 45.4 Å². The number of hydrogen-bond donors (Lipinski definition) is 1. The Morgan fingerprint density at radius 3 is 2.84 bits per heavy atom. The van der Waals surface area contributed by atoms with Gasteiger partial charge < -0.3 is 0 Å². The number of aromatic amines is 1. The summed E-state index contributed by atoms with van der Waals surface area (Å²) in [5, 5.41) is 12.0. The van der Waals surface area contributed by atoms with Crippen molar-refractivity contribution in [2.24, 2.45) is 5.10 Å². The van der Waals surface area contributed by atoms with Crippen LogP contribution in [0.2, 0.25) is 5.02 Å². The Hall–Kier alpha value is -1.46. The first kappa shape index (κ1) is 14.0. The number of nitrogens with zero attached hydrogens (tertiary/aromatic N) is 3. The average Bonchev–Trinajstić information content (AvgIpc) is 2.76. The van der Waals surface area contributed by atoms with Gasteiger partial charge in [-0.3, -0.25) is 5.10 Å². The lowest BCUT2D eigenvalue weighted by Gasteiger charge is -1.99. The van der Waals surface area contributed by atoms with Crippen LogP contribution in [0.5, 0.6) is 0 Å². The number of benzene rings is 1. The Morgan fingerprint density at radius 2 is 2.16 bits per heavy atom. The number of aryl methyl sites for hydroxylation is 1. The van der Waals surface area contributed by atoms with Crippen LogP contribution in [0.3, 0.4) is 0 Å². The van der Waals surface area contributed by atoms with Crippen molar-refractivity contribution in [3.8, 4) is 0 Å². The molecule has 1 heterocycles. The van der Waals surface area contributed by atoms with Crippen LogP contribution < -0.4 is 0 Å². The summed E-state index contributed by atoms with van der Waals surface area (Å²) in [5.41, 5.74) is 0.967. The van der Waals surface area contributed by atoms with Gasteiger partial charge in [-0.1, -0.05) is 37.1 Å². The lowest BCUT2D eigenvalue weighted by Crippen LogP contribution is -1.99. The maximum absolute atomic E-state index is 5.84. The molecule has 0 saturated carbocycles. The first-order chi connectivity index (χ1) is 9.20. The van der Waals surface area contributed by atoms with E-state index in [2.05, 4.69) is 22.2 Å². The summed E-state index contributed by atoms with van der Waals surface area (Å²) in [5.74, 6) is 0.858. The minimum Gasteiger partial charge on any atom is -0.250 e. The Bertz CT molecular complexity index is 612. The summed E-state index contributed by atoms with van der Waals surface area (Å²) < 4.78 is 2.18. The molecule has 6 heteroatoms. The van der Waals surface area contributed by atoms with E-state index in [9.17, 15) is 0 Å². The van der Waals surface area contributed by atoms with Gasteiger partial charge in [-0.25, -0.2) is 0 Å². The molecule has 2 rings (SSSR count). The molecule has 100 valence electrons. The zero-order chi connectivity index (χ0) is 13.7. The molecule has 0 spiro atoms. The van der Waals surface area contributed by atoms with Crippen LogP contribution >= 0.6 is 23.8 Å². The van der Waals surface area contributed by atoms with Crippen LogP contribution in [0.15, 0.2) is 29.4 Å². The van der Waals surface area contributed by atoms with Gasteiger partial charge in [0.05, 0.1) is 6.21 Å². The number of unbranched alkanes of at least 4 members (excludes halogenated alkanes) is 1. The van der Waals surface area contributed by atoms with Crippen LogP contribution in [-0.4, -0.2) is 21.1 Å². The van der Waals surface area contributed by atoms with E-state index in [-0.39, 0.29) is 0 Å². The Balaban J connectivity index is 2.20. The monoisotopic (exact) mass is 294 g/mol. The second-order valence-electron chi connectivity index (χ2n) is 4.16. The molecule has 1 aromatic carbocycles. The highest BCUT2D eigenvalue weighted by atomic mass is 35.5. The predicted molar refractivity (Wildman–Crippen MR) is 80.5 cm³/mol. The van der Waals surface area contributed by atoms with Crippen molar-refractivity contribution in [2.45, 2.75) is 26.2 Å². The predicted octanol–water partition coefficient (Wildman–Crippen LogP) is 3.82. The summed E-state index contributed by atoms with van der Waals surface area (Å²) >= 11 is 11.0. The third-order valence-corrected chi connectivity index (χ3v) is 3.18. The molecule has 2 aromatic rings. The molecule has 0 aliphatic carbocycles. The highest BCUT2D eigenvalue weighted by molar-refractivity contribution is 7.71. The highest BCUT2D eigenvalue weighted by Crippen LogP contribution is 2.08. The van der Waals surface area contributed by atoms with E-state index in [1.165, 1.54) is 0 Å². The van der Waals surface area contributed by atoms with Crippen molar-refractivity contribution in [1.29, 1.82) is 0 Å². The molecule has 4 nitrogen and oxygen atoms in total. The molecule has 1 N–H and O–H groups in total. The van der Waals surface area contributed by atoms with Crippen molar-refractivity contribution >= 4 is 30.0 Å². The van der Waals surface area contributed by atoms with E-state index in [1.54, 1.807) is 10.9 Å². The molecular weight excluding hydrogens is 280 g/mol. The SMILES string of the molecule is CCCCc1n[nH]c(=S)n1/N=C\c1ccc(Cl)cc1. The average molecular weight is 295 g/mol. The lowest BCUT2D eigenvalue weighted by molar-refractivity contribution is 0.700. The normalized spacial score (nSPS) is 11.3. The third-order valence-electron chi connectivity index (χ3n) is 2.66. The second-order valence-corrected chi connectivity index (χ2v) is 4.98. The molecule has 0 unspecified atom stereocenters. The number of halogens is 1.